The van der Waals surface area contributed by atoms with Crippen LogP contribution in [-0.2, 0) is 5.41 Å². The molecule has 1 aromatic carbocycles. The van der Waals surface area contributed by atoms with Gasteiger partial charge in [0.1, 0.15) is 5.82 Å². The molecule has 2 fully saturated rings. The molecule has 4 rings (SSSR count). The Morgan fingerprint density at radius 2 is 2.15 bits per heavy atom. The smallest absolute Gasteiger partial charge is 0.117 e. The lowest BCUT2D eigenvalue weighted by atomic mass is 9.84. The Labute approximate surface area is 124 Å². The highest BCUT2D eigenvalue weighted by molar-refractivity contribution is 6.31. The van der Waals surface area contributed by atoms with Crippen molar-refractivity contribution in [2.45, 2.75) is 56.5 Å². The van der Waals surface area contributed by atoms with Crippen LogP contribution in [0.4, 0.5) is 0 Å². The Hall–Kier alpha value is -1.06. The third-order valence-corrected chi connectivity index (χ3v) is 5.34. The lowest BCUT2D eigenvalue weighted by Gasteiger charge is -2.29. The molecule has 2 N–H and O–H groups in total. The van der Waals surface area contributed by atoms with E-state index >= 15 is 0 Å². The summed E-state index contributed by atoms with van der Waals surface area (Å²) < 4.78 is 2.44. The first kappa shape index (κ1) is 12.7. The van der Waals surface area contributed by atoms with Gasteiger partial charge < -0.3 is 10.3 Å². The number of benzene rings is 1. The first-order chi connectivity index (χ1) is 9.59. The van der Waals surface area contributed by atoms with Gasteiger partial charge in [-0.3, -0.25) is 0 Å². The van der Waals surface area contributed by atoms with E-state index in [9.17, 15) is 0 Å². The molecule has 2 unspecified atom stereocenters. The zero-order valence-corrected chi connectivity index (χ0v) is 12.5. The van der Waals surface area contributed by atoms with Crippen LogP contribution in [0.15, 0.2) is 18.2 Å². The summed E-state index contributed by atoms with van der Waals surface area (Å²) in [5, 5.41) is 0.755. The molecule has 2 saturated carbocycles. The Balaban J connectivity index is 1.96. The molecule has 0 saturated heterocycles. The van der Waals surface area contributed by atoms with Gasteiger partial charge in [0.2, 0.25) is 0 Å². The number of rotatable bonds is 2. The number of fused-ring (bicyclic) bond motifs is 1. The van der Waals surface area contributed by atoms with Crippen molar-refractivity contribution in [1.82, 2.24) is 9.55 Å². The van der Waals surface area contributed by atoms with Gasteiger partial charge in [0, 0.05) is 22.5 Å². The monoisotopic (exact) mass is 289 g/mol. The standard InChI is InChI=1S/C16H20ClN3/c1-16(8-2-3-14(16)18)15-19-12-9-10(17)4-7-13(12)20(15)11-5-6-11/h4,7,9,11,14H,2-3,5-6,8,18H2,1H3. The van der Waals surface area contributed by atoms with E-state index in [2.05, 4.69) is 17.6 Å². The molecule has 2 atom stereocenters. The van der Waals surface area contributed by atoms with E-state index in [0.29, 0.717) is 6.04 Å². The fraction of sp³-hybridized carbons (Fsp3) is 0.562. The Morgan fingerprint density at radius 1 is 1.35 bits per heavy atom. The lowest BCUT2D eigenvalue weighted by molar-refractivity contribution is 0.388. The van der Waals surface area contributed by atoms with Crippen LogP contribution in [0, 0.1) is 0 Å². The molecule has 0 spiro atoms. The van der Waals surface area contributed by atoms with Crippen LogP contribution in [0.2, 0.25) is 5.02 Å². The maximum absolute atomic E-state index is 6.41. The second-order valence-corrected chi connectivity index (χ2v) is 7.02. The van der Waals surface area contributed by atoms with E-state index in [0.717, 1.165) is 23.4 Å². The summed E-state index contributed by atoms with van der Waals surface area (Å²) in [5.74, 6) is 1.18. The van der Waals surface area contributed by atoms with E-state index in [1.807, 2.05) is 12.1 Å². The summed E-state index contributed by atoms with van der Waals surface area (Å²) in [6.07, 6.45) is 5.95. The van der Waals surface area contributed by atoms with Crippen LogP contribution in [0.25, 0.3) is 11.0 Å². The summed E-state index contributed by atoms with van der Waals surface area (Å²) in [6, 6.07) is 6.87. The topological polar surface area (TPSA) is 43.8 Å². The fourth-order valence-corrected chi connectivity index (χ4v) is 3.81. The maximum atomic E-state index is 6.41. The molecule has 106 valence electrons. The van der Waals surface area contributed by atoms with Gasteiger partial charge in [-0.25, -0.2) is 4.98 Å². The highest BCUT2D eigenvalue weighted by Crippen LogP contribution is 2.46. The Morgan fingerprint density at radius 3 is 2.80 bits per heavy atom. The fourth-order valence-electron chi connectivity index (χ4n) is 3.65. The number of nitrogens with zero attached hydrogens (tertiary/aromatic N) is 2. The van der Waals surface area contributed by atoms with Gasteiger partial charge in [0.25, 0.3) is 0 Å². The highest BCUT2D eigenvalue weighted by atomic mass is 35.5. The number of hydrogen-bond acceptors (Lipinski definition) is 2. The van der Waals surface area contributed by atoms with Crippen LogP contribution < -0.4 is 5.73 Å². The van der Waals surface area contributed by atoms with Crippen molar-refractivity contribution < 1.29 is 0 Å². The van der Waals surface area contributed by atoms with E-state index in [1.54, 1.807) is 0 Å². The molecular formula is C16H20ClN3. The number of aromatic nitrogens is 2. The molecule has 1 aromatic heterocycles. The van der Waals surface area contributed by atoms with Crippen molar-refractivity contribution in [1.29, 1.82) is 0 Å². The third kappa shape index (κ3) is 1.73. The van der Waals surface area contributed by atoms with Crippen LogP contribution in [0.5, 0.6) is 0 Å². The van der Waals surface area contributed by atoms with Gasteiger partial charge >= 0.3 is 0 Å². The molecule has 3 nitrogen and oxygen atoms in total. The van der Waals surface area contributed by atoms with Crippen LogP contribution in [-0.4, -0.2) is 15.6 Å². The minimum Gasteiger partial charge on any atom is -0.327 e. The normalized spacial score (nSPS) is 30.2. The van der Waals surface area contributed by atoms with Gasteiger partial charge in [-0.1, -0.05) is 24.9 Å². The van der Waals surface area contributed by atoms with Crippen LogP contribution in [0.1, 0.15) is 50.9 Å². The molecule has 0 bridgehead atoms. The molecule has 2 aliphatic rings. The number of halogens is 1. The minimum absolute atomic E-state index is 0.00802. The molecular weight excluding hydrogens is 270 g/mol. The molecule has 2 aliphatic carbocycles. The summed E-state index contributed by atoms with van der Waals surface area (Å²) in [7, 11) is 0. The zero-order valence-electron chi connectivity index (χ0n) is 11.8. The van der Waals surface area contributed by atoms with Gasteiger partial charge in [-0.2, -0.15) is 0 Å². The van der Waals surface area contributed by atoms with Gasteiger partial charge in [-0.05, 0) is 43.9 Å². The summed E-state index contributed by atoms with van der Waals surface area (Å²) in [5.41, 5.74) is 8.64. The molecule has 2 aromatic rings. The lowest BCUT2D eigenvalue weighted by Crippen LogP contribution is -2.40. The van der Waals surface area contributed by atoms with Crippen LogP contribution in [0.3, 0.4) is 0 Å². The predicted octanol–water partition coefficient (Wildman–Crippen LogP) is 3.79. The first-order valence-electron chi connectivity index (χ1n) is 7.53. The average molecular weight is 290 g/mol. The molecule has 0 aliphatic heterocycles. The van der Waals surface area contributed by atoms with E-state index in [-0.39, 0.29) is 11.5 Å². The van der Waals surface area contributed by atoms with E-state index in [4.69, 9.17) is 22.3 Å². The van der Waals surface area contributed by atoms with Gasteiger partial charge in [0.15, 0.2) is 0 Å². The molecule has 0 amide bonds. The highest BCUT2D eigenvalue weighted by Gasteiger charge is 2.44. The molecule has 20 heavy (non-hydrogen) atoms. The number of hydrogen-bond donors (Lipinski definition) is 1. The first-order valence-corrected chi connectivity index (χ1v) is 7.91. The third-order valence-electron chi connectivity index (χ3n) is 5.10. The maximum Gasteiger partial charge on any atom is 0.117 e. The van der Waals surface area contributed by atoms with Crippen molar-refractivity contribution in [3.05, 3.63) is 29.0 Å². The molecule has 0 radical (unpaired) electrons. The Kier molecular flexibility index (Phi) is 2.67. The average Bonchev–Trinajstić information content (AvgIpc) is 3.10. The predicted molar refractivity (Wildman–Crippen MR) is 82.2 cm³/mol. The zero-order chi connectivity index (χ0) is 13.9. The van der Waals surface area contributed by atoms with Crippen molar-refractivity contribution in [3.8, 4) is 0 Å². The summed E-state index contributed by atoms with van der Waals surface area (Å²) in [4.78, 5) is 4.94. The summed E-state index contributed by atoms with van der Waals surface area (Å²) in [6.45, 7) is 2.28. The SMILES string of the molecule is CC1(c2nc3cc(Cl)ccc3n2C2CC2)CCCC1N. The van der Waals surface area contributed by atoms with Crippen molar-refractivity contribution in [2.24, 2.45) is 5.73 Å². The largest absolute Gasteiger partial charge is 0.327 e. The van der Waals surface area contributed by atoms with E-state index < -0.39 is 0 Å². The van der Waals surface area contributed by atoms with Crippen molar-refractivity contribution in [2.75, 3.05) is 0 Å². The second kappa shape index (κ2) is 4.22. The minimum atomic E-state index is 0.00802. The van der Waals surface area contributed by atoms with Gasteiger partial charge in [0.05, 0.1) is 11.0 Å². The second-order valence-electron chi connectivity index (χ2n) is 6.59. The number of nitrogens with two attached hydrogens (primary N) is 1. The van der Waals surface area contributed by atoms with Crippen molar-refractivity contribution >= 4 is 22.6 Å². The Bertz CT molecular complexity index is 674. The molecule has 4 heteroatoms. The van der Waals surface area contributed by atoms with E-state index in [1.165, 1.54) is 30.6 Å². The number of imidazole rings is 1. The van der Waals surface area contributed by atoms with Gasteiger partial charge in [-0.15, -0.1) is 0 Å². The molecule has 1 heterocycles. The van der Waals surface area contributed by atoms with Crippen LogP contribution >= 0.6 is 11.6 Å². The quantitative estimate of drug-likeness (QED) is 0.914. The summed E-state index contributed by atoms with van der Waals surface area (Å²) >= 11 is 6.12. The van der Waals surface area contributed by atoms with Crippen molar-refractivity contribution in [3.63, 3.8) is 0 Å².